The van der Waals surface area contributed by atoms with Crippen molar-refractivity contribution >= 4 is 29.3 Å². The predicted octanol–water partition coefficient (Wildman–Crippen LogP) is 2.72. The van der Waals surface area contributed by atoms with E-state index in [0.717, 1.165) is 11.1 Å². The van der Waals surface area contributed by atoms with Crippen LogP contribution in [0.25, 0.3) is 12.2 Å². The molecule has 3 aromatic rings. The lowest BCUT2D eigenvalue weighted by Gasteiger charge is -2.00. The average Bonchev–Trinajstić information content (AvgIpc) is 3.11. The molecule has 0 saturated heterocycles. The number of nitrogens with zero attached hydrogens (tertiary/aromatic N) is 1. The third-order valence-electron chi connectivity index (χ3n) is 3.03. The second kappa shape index (κ2) is 8.26. The Morgan fingerprint density at radius 3 is 2.17 bits per heavy atom. The summed E-state index contributed by atoms with van der Waals surface area (Å²) in [4.78, 5) is 0. The van der Waals surface area contributed by atoms with Gasteiger partial charge in [-0.3, -0.25) is 5.10 Å². The number of nitrogen functional groups attached to an aromatic ring is 3. The lowest BCUT2D eigenvalue weighted by molar-refractivity contribution is 1.08. The molecule has 0 radical (unpaired) electrons. The molecular formula is C17H20N6. The number of hydrogen-bond donors (Lipinski definition) is 5. The maximum atomic E-state index is 5.73. The molecule has 0 amide bonds. The number of aromatic amines is 1. The number of rotatable bonds is 3. The molecule has 0 aliphatic rings. The first-order chi connectivity index (χ1) is 11.2. The fourth-order valence-corrected chi connectivity index (χ4v) is 1.79. The van der Waals surface area contributed by atoms with E-state index >= 15 is 0 Å². The molecule has 0 spiro atoms. The van der Waals surface area contributed by atoms with Crippen molar-refractivity contribution in [2.24, 2.45) is 5.84 Å². The van der Waals surface area contributed by atoms with Crippen molar-refractivity contribution in [2.75, 3.05) is 16.9 Å². The van der Waals surface area contributed by atoms with E-state index in [9.17, 15) is 0 Å². The van der Waals surface area contributed by atoms with Gasteiger partial charge in [0.1, 0.15) is 0 Å². The highest BCUT2D eigenvalue weighted by molar-refractivity contribution is 5.74. The van der Waals surface area contributed by atoms with Crippen molar-refractivity contribution in [3.63, 3.8) is 0 Å². The molecule has 0 bridgehead atoms. The Labute approximate surface area is 135 Å². The van der Waals surface area contributed by atoms with Crippen molar-refractivity contribution in [3.05, 3.63) is 71.9 Å². The van der Waals surface area contributed by atoms with Gasteiger partial charge in [-0.2, -0.15) is 5.10 Å². The second-order valence-electron chi connectivity index (χ2n) is 4.74. The summed E-state index contributed by atoms with van der Waals surface area (Å²) in [6.07, 6.45) is 5.76. The molecule has 0 fully saturated rings. The third-order valence-corrected chi connectivity index (χ3v) is 3.03. The van der Waals surface area contributed by atoms with Crippen LogP contribution in [0, 0.1) is 0 Å². The Balaban J connectivity index is 0.000000229. The Hall–Kier alpha value is -3.25. The maximum Gasteiger partial charge on any atom is 0.161 e. The fourth-order valence-electron chi connectivity index (χ4n) is 1.79. The predicted molar refractivity (Wildman–Crippen MR) is 97.0 cm³/mol. The lowest BCUT2D eigenvalue weighted by Crippen LogP contribution is -2.06. The summed E-state index contributed by atoms with van der Waals surface area (Å²) in [7, 11) is 0. The first-order valence-electron chi connectivity index (χ1n) is 7.03. The van der Waals surface area contributed by atoms with Crippen LogP contribution in [0.1, 0.15) is 11.1 Å². The molecule has 2 aromatic carbocycles. The van der Waals surface area contributed by atoms with Gasteiger partial charge < -0.3 is 16.9 Å². The van der Waals surface area contributed by atoms with Crippen LogP contribution in [0.4, 0.5) is 17.2 Å². The molecule has 3 rings (SSSR count). The monoisotopic (exact) mass is 308 g/mol. The van der Waals surface area contributed by atoms with Crippen LogP contribution in [0.5, 0.6) is 0 Å². The highest BCUT2D eigenvalue weighted by Crippen LogP contribution is 2.17. The minimum absolute atomic E-state index is 0.621. The molecule has 118 valence electrons. The van der Waals surface area contributed by atoms with Crippen LogP contribution in [0.2, 0.25) is 0 Å². The summed E-state index contributed by atoms with van der Waals surface area (Å²) >= 11 is 0. The first-order valence-corrected chi connectivity index (χ1v) is 7.03. The zero-order chi connectivity index (χ0) is 16.5. The zero-order valence-corrected chi connectivity index (χ0v) is 12.6. The van der Waals surface area contributed by atoms with Gasteiger partial charge in [-0.1, -0.05) is 48.6 Å². The smallest absolute Gasteiger partial charge is 0.161 e. The second-order valence-corrected chi connectivity index (χ2v) is 4.74. The summed E-state index contributed by atoms with van der Waals surface area (Å²) in [6, 6.07) is 17.5. The number of hydrazine groups is 1. The van der Waals surface area contributed by atoms with Crippen molar-refractivity contribution in [1.29, 1.82) is 0 Å². The number of nitrogens with two attached hydrogens (primary N) is 3. The highest BCUT2D eigenvalue weighted by Gasteiger charge is 1.93. The topological polar surface area (TPSA) is 119 Å². The van der Waals surface area contributed by atoms with Gasteiger partial charge in [0.25, 0.3) is 0 Å². The number of H-pyrrole nitrogens is 1. The van der Waals surface area contributed by atoms with E-state index in [0.29, 0.717) is 17.2 Å². The molecule has 1 aromatic heterocycles. The van der Waals surface area contributed by atoms with Gasteiger partial charge in [0.05, 0.1) is 11.4 Å². The van der Waals surface area contributed by atoms with E-state index in [-0.39, 0.29) is 0 Å². The lowest BCUT2D eigenvalue weighted by atomic mass is 10.1. The van der Waals surface area contributed by atoms with Crippen molar-refractivity contribution < 1.29 is 0 Å². The Morgan fingerprint density at radius 2 is 1.61 bits per heavy atom. The number of benzene rings is 2. The third kappa shape index (κ3) is 5.22. The molecule has 1 heterocycles. The first kappa shape index (κ1) is 16.1. The van der Waals surface area contributed by atoms with Gasteiger partial charge >= 0.3 is 0 Å². The van der Waals surface area contributed by atoms with E-state index in [1.165, 1.54) is 0 Å². The largest absolute Gasteiger partial charge is 0.397 e. The highest BCUT2D eigenvalue weighted by atomic mass is 15.3. The van der Waals surface area contributed by atoms with Gasteiger partial charge in [-0.25, -0.2) is 5.84 Å². The van der Waals surface area contributed by atoms with Crippen LogP contribution in [-0.2, 0) is 0 Å². The Bertz CT molecular complexity index is 735. The summed E-state index contributed by atoms with van der Waals surface area (Å²) in [5, 5.41) is 6.26. The zero-order valence-electron chi connectivity index (χ0n) is 12.6. The van der Waals surface area contributed by atoms with Crippen molar-refractivity contribution in [1.82, 2.24) is 10.2 Å². The van der Waals surface area contributed by atoms with Crippen LogP contribution >= 0.6 is 0 Å². The summed E-state index contributed by atoms with van der Waals surface area (Å²) in [5.74, 6) is 5.61. The van der Waals surface area contributed by atoms with Crippen LogP contribution in [-0.4, -0.2) is 10.2 Å². The summed E-state index contributed by atoms with van der Waals surface area (Å²) < 4.78 is 0. The summed E-state index contributed by atoms with van der Waals surface area (Å²) in [5.41, 5.74) is 17.2. The number of nitrogens with one attached hydrogen (secondary N) is 2. The number of aromatic nitrogens is 2. The molecular weight excluding hydrogens is 288 g/mol. The average molecular weight is 308 g/mol. The van der Waals surface area contributed by atoms with Gasteiger partial charge in [-0.05, 0) is 23.3 Å². The Kier molecular flexibility index (Phi) is 5.79. The van der Waals surface area contributed by atoms with Gasteiger partial charge in [0.15, 0.2) is 5.82 Å². The summed E-state index contributed by atoms with van der Waals surface area (Å²) in [6.45, 7) is 0. The van der Waals surface area contributed by atoms with Gasteiger partial charge in [0, 0.05) is 12.3 Å². The van der Waals surface area contributed by atoms with E-state index in [1.54, 1.807) is 12.3 Å². The molecule has 6 nitrogen and oxygen atoms in total. The molecule has 0 unspecified atom stereocenters. The maximum absolute atomic E-state index is 5.73. The quantitative estimate of drug-likeness (QED) is 0.221. The van der Waals surface area contributed by atoms with Crippen LogP contribution < -0.4 is 22.7 Å². The fraction of sp³-hybridized carbons (Fsp3) is 0. The van der Waals surface area contributed by atoms with Crippen LogP contribution in [0.15, 0.2) is 60.8 Å². The molecule has 0 aliphatic carbocycles. The minimum Gasteiger partial charge on any atom is -0.397 e. The van der Waals surface area contributed by atoms with Gasteiger partial charge in [-0.15, -0.1) is 0 Å². The molecule has 0 aliphatic heterocycles. The Morgan fingerprint density at radius 1 is 0.870 bits per heavy atom. The standard InChI is InChI=1S/C14H14N2.C3H6N4/c15-13-9-8-12(10-14(13)16)7-6-11-4-2-1-3-5-11;4-6-3-1-2-5-7-3/h1-10H,15-16H2;1-2H,4H2,(H2,5,6,7). The minimum atomic E-state index is 0.621. The normalized spacial score (nSPS) is 10.1. The molecule has 6 heteroatoms. The molecule has 0 saturated carbocycles. The van der Waals surface area contributed by atoms with Gasteiger partial charge in [0.2, 0.25) is 0 Å². The van der Waals surface area contributed by atoms with E-state index in [4.69, 9.17) is 17.3 Å². The SMILES string of the molecule is NNc1cc[nH]n1.Nc1ccc(C=Cc2ccccc2)cc1N. The molecule has 23 heavy (non-hydrogen) atoms. The van der Waals surface area contributed by atoms with E-state index in [2.05, 4.69) is 27.8 Å². The van der Waals surface area contributed by atoms with Crippen molar-refractivity contribution in [2.45, 2.75) is 0 Å². The van der Waals surface area contributed by atoms with Crippen molar-refractivity contribution in [3.8, 4) is 0 Å². The van der Waals surface area contributed by atoms with E-state index in [1.807, 2.05) is 48.6 Å². The number of hydrogen-bond acceptors (Lipinski definition) is 5. The molecule has 8 N–H and O–H groups in total. The van der Waals surface area contributed by atoms with Crippen LogP contribution in [0.3, 0.4) is 0 Å². The van der Waals surface area contributed by atoms with E-state index < -0.39 is 0 Å². The molecule has 0 atom stereocenters. The number of anilines is 3.